The van der Waals surface area contributed by atoms with Gasteiger partial charge in [-0.1, -0.05) is 6.07 Å². The minimum Gasteiger partial charge on any atom is -0.383 e. The summed E-state index contributed by atoms with van der Waals surface area (Å²) in [6.07, 6.45) is 2.95. The molecule has 1 saturated heterocycles. The number of anilines is 3. The fourth-order valence-electron chi connectivity index (χ4n) is 3.55. The number of piperidine rings is 1. The predicted molar refractivity (Wildman–Crippen MR) is 115 cm³/mol. The van der Waals surface area contributed by atoms with Gasteiger partial charge in [-0.3, -0.25) is 19.0 Å². The molecular formula is C20H26N6O4. The number of hydrogen-bond donors (Lipinski definition) is 3. The summed E-state index contributed by atoms with van der Waals surface area (Å²) < 4.78 is 2.07. The van der Waals surface area contributed by atoms with E-state index in [2.05, 4.69) is 10.6 Å². The zero-order valence-corrected chi connectivity index (χ0v) is 17.1. The Balaban J connectivity index is 1.88. The molecule has 0 radical (unpaired) electrons. The van der Waals surface area contributed by atoms with Gasteiger partial charge < -0.3 is 21.3 Å². The largest absolute Gasteiger partial charge is 0.383 e. The van der Waals surface area contributed by atoms with Gasteiger partial charge in [0, 0.05) is 38.4 Å². The minimum absolute atomic E-state index is 0.0989. The molecule has 3 rings (SSSR count). The van der Waals surface area contributed by atoms with E-state index in [-0.39, 0.29) is 17.4 Å². The van der Waals surface area contributed by atoms with E-state index in [9.17, 15) is 19.2 Å². The summed E-state index contributed by atoms with van der Waals surface area (Å²) in [4.78, 5) is 51.8. The van der Waals surface area contributed by atoms with E-state index in [4.69, 9.17) is 5.73 Å². The van der Waals surface area contributed by atoms with Crippen molar-refractivity contribution in [3.05, 3.63) is 50.7 Å². The number of aromatic nitrogens is 2. The van der Waals surface area contributed by atoms with Gasteiger partial charge in [-0.05, 0) is 37.5 Å². The van der Waals surface area contributed by atoms with Crippen LogP contribution in [0.5, 0.6) is 0 Å². The zero-order chi connectivity index (χ0) is 21.8. The monoisotopic (exact) mass is 414 g/mol. The van der Waals surface area contributed by atoms with Crippen molar-refractivity contribution in [2.45, 2.75) is 25.8 Å². The maximum absolute atomic E-state index is 13.0. The molecule has 1 aliphatic heterocycles. The smallest absolute Gasteiger partial charge is 0.332 e. The first-order valence-corrected chi connectivity index (χ1v) is 9.79. The zero-order valence-electron chi connectivity index (χ0n) is 17.1. The number of nitrogen functional groups attached to an aromatic ring is 1. The molecule has 0 aliphatic carbocycles. The molecular weight excluding hydrogens is 388 g/mol. The van der Waals surface area contributed by atoms with Crippen LogP contribution in [0.3, 0.4) is 0 Å². The number of hydrogen-bond acceptors (Lipinski definition) is 6. The van der Waals surface area contributed by atoms with Crippen molar-refractivity contribution in [1.82, 2.24) is 14.5 Å². The molecule has 1 fully saturated rings. The van der Waals surface area contributed by atoms with Crippen LogP contribution in [0.15, 0.2) is 33.9 Å². The van der Waals surface area contributed by atoms with E-state index in [0.717, 1.165) is 23.8 Å². The number of amides is 2. The first-order valence-electron chi connectivity index (χ1n) is 9.79. The topological polar surface area (TPSA) is 131 Å². The number of nitrogens with zero attached hydrogens (tertiary/aromatic N) is 3. The van der Waals surface area contributed by atoms with Gasteiger partial charge in [-0.2, -0.15) is 0 Å². The van der Waals surface area contributed by atoms with Crippen molar-refractivity contribution < 1.29 is 9.59 Å². The molecule has 0 atom stereocenters. The molecule has 0 spiro atoms. The highest BCUT2D eigenvalue weighted by Gasteiger charge is 2.23. The molecule has 2 aromatic rings. The lowest BCUT2D eigenvalue weighted by molar-refractivity contribution is -0.116. The summed E-state index contributed by atoms with van der Waals surface area (Å²) in [6, 6.07) is 6.37. The number of carbonyl (C=O) groups is 2. The van der Waals surface area contributed by atoms with Crippen molar-refractivity contribution in [2.24, 2.45) is 7.05 Å². The highest BCUT2D eigenvalue weighted by Crippen LogP contribution is 2.21. The second-order valence-corrected chi connectivity index (χ2v) is 7.22. The van der Waals surface area contributed by atoms with Gasteiger partial charge in [-0.25, -0.2) is 9.36 Å². The van der Waals surface area contributed by atoms with Crippen molar-refractivity contribution in [3.8, 4) is 0 Å². The third kappa shape index (κ3) is 4.22. The summed E-state index contributed by atoms with van der Waals surface area (Å²) in [5.41, 5.74) is 5.85. The lowest BCUT2D eigenvalue weighted by atomic mass is 10.1. The van der Waals surface area contributed by atoms with Crippen molar-refractivity contribution in [2.75, 3.05) is 36.1 Å². The highest BCUT2D eigenvalue weighted by atomic mass is 16.2. The minimum atomic E-state index is -0.660. The van der Waals surface area contributed by atoms with E-state index in [0.29, 0.717) is 24.3 Å². The van der Waals surface area contributed by atoms with Crippen molar-refractivity contribution >= 4 is 29.0 Å². The molecule has 10 heteroatoms. The average Bonchev–Trinajstić information content (AvgIpc) is 2.76. The van der Waals surface area contributed by atoms with E-state index >= 15 is 0 Å². The van der Waals surface area contributed by atoms with Crippen LogP contribution >= 0.6 is 0 Å². The molecule has 2 amide bonds. The fraction of sp³-hybridized carbons (Fsp3) is 0.400. The van der Waals surface area contributed by atoms with Crippen LogP contribution in [0.4, 0.5) is 17.2 Å². The van der Waals surface area contributed by atoms with Gasteiger partial charge in [0.05, 0.1) is 0 Å². The summed E-state index contributed by atoms with van der Waals surface area (Å²) in [5.74, 6) is -0.750. The Kier molecular flexibility index (Phi) is 6.24. The summed E-state index contributed by atoms with van der Waals surface area (Å²) in [5, 5.41) is 5.13. The Bertz CT molecular complexity index is 1080. The van der Waals surface area contributed by atoms with Crippen LogP contribution in [0.25, 0.3) is 0 Å². The van der Waals surface area contributed by atoms with Crippen LogP contribution in [-0.2, 0) is 18.4 Å². The van der Waals surface area contributed by atoms with Gasteiger partial charge in [0.15, 0.2) is 0 Å². The lowest BCUT2D eigenvalue weighted by Gasteiger charge is -2.29. The fourth-order valence-corrected chi connectivity index (χ4v) is 3.55. The summed E-state index contributed by atoms with van der Waals surface area (Å²) in [6.45, 7) is 0.892. The molecule has 4 N–H and O–H groups in total. The van der Waals surface area contributed by atoms with Gasteiger partial charge in [0.25, 0.3) is 11.5 Å². The second kappa shape index (κ2) is 8.85. The highest BCUT2D eigenvalue weighted by molar-refractivity contribution is 5.97. The van der Waals surface area contributed by atoms with E-state index in [1.54, 1.807) is 18.2 Å². The third-order valence-electron chi connectivity index (χ3n) is 5.18. The molecule has 1 aromatic carbocycles. The first kappa shape index (κ1) is 21.2. The van der Waals surface area contributed by atoms with Crippen LogP contribution < -0.4 is 32.5 Å². The number of nitrogens with two attached hydrogens (primary N) is 1. The third-order valence-corrected chi connectivity index (χ3v) is 5.18. The number of benzene rings is 1. The molecule has 160 valence electrons. The maximum atomic E-state index is 13.0. The van der Waals surface area contributed by atoms with E-state index < -0.39 is 23.7 Å². The maximum Gasteiger partial charge on any atom is 0.332 e. The Morgan fingerprint density at radius 1 is 1.13 bits per heavy atom. The molecule has 2 heterocycles. The SMILES string of the molecule is CNC(=O)c1cccc(NC(=O)Cn2c(=O)c(N3CCCCC3)c(N)n(C)c2=O)c1. The first-order chi connectivity index (χ1) is 14.3. The van der Waals surface area contributed by atoms with Crippen LogP contribution in [0.2, 0.25) is 0 Å². The van der Waals surface area contributed by atoms with Crippen molar-refractivity contribution in [1.29, 1.82) is 0 Å². The van der Waals surface area contributed by atoms with Crippen LogP contribution in [-0.4, -0.2) is 41.1 Å². The normalized spacial score (nSPS) is 13.7. The molecule has 0 bridgehead atoms. The Morgan fingerprint density at radius 2 is 1.83 bits per heavy atom. The Morgan fingerprint density at radius 3 is 2.50 bits per heavy atom. The van der Waals surface area contributed by atoms with E-state index in [1.807, 2.05) is 4.90 Å². The van der Waals surface area contributed by atoms with Gasteiger partial charge in [-0.15, -0.1) is 0 Å². The van der Waals surface area contributed by atoms with Crippen LogP contribution in [0, 0.1) is 0 Å². The Labute approximate surface area is 173 Å². The number of nitrogens with one attached hydrogen (secondary N) is 2. The molecule has 1 aliphatic rings. The van der Waals surface area contributed by atoms with Gasteiger partial charge in [0.1, 0.15) is 18.1 Å². The number of carbonyl (C=O) groups excluding carboxylic acids is 2. The van der Waals surface area contributed by atoms with Gasteiger partial charge in [0.2, 0.25) is 5.91 Å². The molecule has 30 heavy (non-hydrogen) atoms. The molecule has 0 saturated carbocycles. The lowest BCUT2D eigenvalue weighted by Crippen LogP contribution is -2.46. The van der Waals surface area contributed by atoms with Gasteiger partial charge >= 0.3 is 5.69 Å². The quantitative estimate of drug-likeness (QED) is 0.637. The summed E-state index contributed by atoms with van der Waals surface area (Å²) >= 11 is 0. The summed E-state index contributed by atoms with van der Waals surface area (Å²) in [7, 11) is 2.99. The predicted octanol–water partition coefficient (Wildman–Crippen LogP) is 0.118. The molecule has 0 unspecified atom stereocenters. The average molecular weight is 414 g/mol. The molecule has 1 aromatic heterocycles. The standard InChI is InChI=1S/C20H26N6O4/c1-22-18(28)13-7-6-8-14(11-13)23-15(27)12-26-19(29)16(17(21)24(2)20(26)30)25-9-4-3-5-10-25/h6-8,11H,3-5,9-10,12,21H2,1-2H3,(H,22,28)(H,23,27). The van der Waals surface area contributed by atoms with E-state index in [1.165, 1.54) is 24.7 Å². The second-order valence-electron chi connectivity index (χ2n) is 7.22. The van der Waals surface area contributed by atoms with Crippen LogP contribution in [0.1, 0.15) is 29.6 Å². The molecule has 10 nitrogen and oxygen atoms in total. The number of rotatable bonds is 5. The van der Waals surface area contributed by atoms with Crippen molar-refractivity contribution in [3.63, 3.8) is 0 Å². The Hall–Kier alpha value is -3.56.